The number of halogens is 1. The summed E-state index contributed by atoms with van der Waals surface area (Å²) in [4.78, 5) is 25.0. The first-order chi connectivity index (χ1) is 12.0. The number of carbonyl (C=O) groups is 2. The number of anilines is 1. The molecule has 0 saturated carbocycles. The van der Waals surface area contributed by atoms with E-state index in [1.54, 1.807) is 25.3 Å². The van der Waals surface area contributed by atoms with Crippen LogP contribution in [0.2, 0.25) is 5.02 Å². The van der Waals surface area contributed by atoms with Gasteiger partial charge in [0.15, 0.2) is 6.10 Å². The lowest BCUT2D eigenvalue weighted by atomic mass is 10.1. The summed E-state index contributed by atoms with van der Waals surface area (Å²) in [5, 5.41) is 2.97. The molecule has 0 aromatic heterocycles. The minimum Gasteiger partial charge on any atom is -0.497 e. The van der Waals surface area contributed by atoms with Gasteiger partial charge >= 0.3 is 5.97 Å². The molecule has 1 amide bonds. The van der Waals surface area contributed by atoms with Crippen molar-refractivity contribution in [3.05, 3.63) is 53.1 Å². The second-order valence-corrected chi connectivity index (χ2v) is 7.09. The van der Waals surface area contributed by atoms with Crippen LogP contribution >= 0.6 is 23.4 Å². The van der Waals surface area contributed by atoms with Crippen LogP contribution in [0.15, 0.2) is 47.4 Å². The summed E-state index contributed by atoms with van der Waals surface area (Å²) in [5.41, 5.74) is 1.49. The van der Waals surface area contributed by atoms with Crippen LogP contribution in [-0.4, -0.2) is 25.1 Å². The smallest absolute Gasteiger partial charge is 0.303 e. The van der Waals surface area contributed by atoms with Gasteiger partial charge in [0.1, 0.15) is 5.75 Å². The molecule has 5 nitrogen and oxygen atoms in total. The summed E-state index contributed by atoms with van der Waals surface area (Å²) in [6.07, 6.45) is -0.956. The van der Waals surface area contributed by atoms with Crippen molar-refractivity contribution in [1.29, 1.82) is 0 Å². The van der Waals surface area contributed by atoms with E-state index in [9.17, 15) is 9.59 Å². The standard InChI is InChI=1S/C18H16ClNO4S/c1-10(21)24-16-17(11-3-6-13(23-2)7-4-11)25-15-9-12(19)5-8-14(15)20-18(16)22/h3-9,16-17H,1-2H3,(H,20,22)/t16-,17+/m1/s1. The Morgan fingerprint density at radius 2 is 1.92 bits per heavy atom. The summed E-state index contributed by atoms with van der Waals surface area (Å²) >= 11 is 7.52. The fraction of sp³-hybridized carbons (Fsp3) is 0.222. The number of esters is 1. The number of nitrogens with one attached hydrogen (secondary N) is 1. The Bertz CT molecular complexity index is 809. The Kier molecular flexibility index (Phi) is 5.20. The van der Waals surface area contributed by atoms with Crippen LogP contribution in [-0.2, 0) is 14.3 Å². The molecular formula is C18H16ClNO4S. The largest absolute Gasteiger partial charge is 0.497 e. The molecule has 0 unspecified atom stereocenters. The second kappa shape index (κ2) is 7.37. The van der Waals surface area contributed by atoms with Crippen molar-refractivity contribution in [1.82, 2.24) is 0 Å². The van der Waals surface area contributed by atoms with Crippen molar-refractivity contribution in [3.63, 3.8) is 0 Å². The molecule has 0 fully saturated rings. The van der Waals surface area contributed by atoms with Gasteiger partial charge in [0.2, 0.25) is 0 Å². The minimum atomic E-state index is -0.956. The number of fused-ring (bicyclic) bond motifs is 1. The lowest BCUT2D eigenvalue weighted by molar-refractivity contribution is -0.152. The van der Waals surface area contributed by atoms with Crippen molar-refractivity contribution < 1.29 is 19.1 Å². The van der Waals surface area contributed by atoms with E-state index in [-0.39, 0.29) is 5.91 Å². The van der Waals surface area contributed by atoms with Crippen LogP contribution in [0.4, 0.5) is 5.69 Å². The number of carbonyl (C=O) groups excluding carboxylic acids is 2. The van der Waals surface area contributed by atoms with Gasteiger partial charge in [0.25, 0.3) is 5.91 Å². The van der Waals surface area contributed by atoms with Crippen LogP contribution in [0.3, 0.4) is 0 Å². The number of thioether (sulfide) groups is 1. The number of hydrogen-bond acceptors (Lipinski definition) is 5. The molecule has 0 radical (unpaired) electrons. The molecule has 0 spiro atoms. The number of rotatable bonds is 3. The molecule has 2 aromatic rings. The Morgan fingerprint density at radius 1 is 1.20 bits per heavy atom. The van der Waals surface area contributed by atoms with Crippen molar-refractivity contribution in [3.8, 4) is 5.75 Å². The topological polar surface area (TPSA) is 64.6 Å². The minimum absolute atomic E-state index is 0.371. The first kappa shape index (κ1) is 17.6. The quantitative estimate of drug-likeness (QED) is 0.817. The zero-order chi connectivity index (χ0) is 18.0. The van der Waals surface area contributed by atoms with E-state index < -0.39 is 17.3 Å². The van der Waals surface area contributed by atoms with Gasteiger partial charge in [-0.2, -0.15) is 0 Å². The first-order valence-corrected chi connectivity index (χ1v) is 8.82. The van der Waals surface area contributed by atoms with E-state index in [1.165, 1.54) is 18.7 Å². The average Bonchev–Trinajstić information content (AvgIpc) is 2.72. The highest BCUT2D eigenvalue weighted by Crippen LogP contribution is 2.45. The molecule has 0 aliphatic carbocycles. The predicted molar refractivity (Wildman–Crippen MR) is 97.2 cm³/mol. The van der Waals surface area contributed by atoms with Crippen molar-refractivity contribution in [2.45, 2.75) is 23.2 Å². The molecule has 130 valence electrons. The third-order valence-electron chi connectivity index (χ3n) is 3.73. The zero-order valence-corrected chi connectivity index (χ0v) is 15.2. The summed E-state index contributed by atoms with van der Waals surface area (Å²) in [7, 11) is 1.59. The van der Waals surface area contributed by atoms with Crippen LogP contribution in [0, 0.1) is 0 Å². The van der Waals surface area contributed by atoms with Gasteiger partial charge in [-0.15, -0.1) is 11.8 Å². The monoisotopic (exact) mass is 377 g/mol. The maximum atomic E-state index is 12.6. The summed E-state index contributed by atoms with van der Waals surface area (Å²) in [5.74, 6) is -0.174. The summed E-state index contributed by atoms with van der Waals surface area (Å²) in [6.45, 7) is 1.29. The van der Waals surface area contributed by atoms with Gasteiger partial charge in [-0.1, -0.05) is 23.7 Å². The lowest BCUT2D eigenvalue weighted by Gasteiger charge is -2.23. The molecule has 1 aliphatic heterocycles. The molecule has 0 saturated heterocycles. The summed E-state index contributed by atoms with van der Waals surface area (Å²) in [6, 6.07) is 12.6. The fourth-order valence-electron chi connectivity index (χ4n) is 2.57. The van der Waals surface area contributed by atoms with E-state index in [2.05, 4.69) is 5.32 Å². The van der Waals surface area contributed by atoms with E-state index in [0.29, 0.717) is 16.5 Å². The van der Waals surface area contributed by atoms with E-state index in [0.717, 1.165) is 10.5 Å². The first-order valence-electron chi connectivity index (χ1n) is 7.56. The molecule has 1 heterocycles. The van der Waals surface area contributed by atoms with Crippen molar-refractivity contribution in [2.75, 3.05) is 12.4 Å². The van der Waals surface area contributed by atoms with Gasteiger partial charge < -0.3 is 14.8 Å². The zero-order valence-electron chi connectivity index (χ0n) is 13.6. The second-order valence-electron chi connectivity index (χ2n) is 5.47. The van der Waals surface area contributed by atoms with E-state index >= 15 is 0 Å². The number of amides is 1. The molecule has 3 rings (SSSR count). The fourth-order valence-corrected chi connectivity index (χ4v) is 4.11. The molecule has 7 heteroatoms. The van der Waals surface area contributed by atoms with Gasteiger partial charge in [-0.3, -0.25) is 9.59 Å². The van der Waals surface area contributed by atoms with Crippen molar-refractivity contribution >= 4 is 40.9 Å². The molecule has 25 heavy (non-hydrogen) atoms. The lowest BCUT2D eigenvalue weighted by Crippen LogP contribution is -2.34. The Balaban J connectivity index is 2.04. The van der Waals surface area contributed by atoms with Gasteiger partial charge in [0.05, 0.1) is 18.0 Å². The Morgan fingerprint density at radius 3 is 2.56 bits per heavy atom. The van der Waals surface area contributed by atoms with Crippen LogP contribution in [0.1, 0.15) is 17.7 Å². The van der Waals surface area contributed by atoms with Crippen molar-refractivity contribution in [2.24, 2.45) is 0 Å². The van der Waals surface area contributed by atoms with Gasteiger partial charge in [-0.25, -0.2) is 0 Å². The van der Waals surface area contributed by atoms with Gasteiger partial charge in [-0.05, 0) is 35.9 Å². The SMILES string of the molecule is COc1ccc([C@@H]2Sc3cc(Cl)ccc3NC(=O)[C@@H]2OC(C)=O)cc1. The molecule has 1 aliphatic rings. The Labute approximate surface area is 154 Å². The number of ether oxygens (including phenoxy) is 2. The highest BCUT2D eigenvalue weighted by atomic mass is 35.5. The third kappa shape index (κ3) is 3.91. The third-order valence-corrected chi connectivity index (χ3v) is 5.33. The van der Waals surface area contributed by atoms with E-state index in [1.807, 2.05) is 24.3 Å². The van der Waals surface area contributed by atoms with Gasteiger partial charge in [0, 0.05) is 16.8 Å². The predicted octanol–water partition coefficient (Wildman–Crippen LogP) is 4.07. The molecule has 2 aromatic carbocycles. The maximum absolute atomic E-state index is 12.6. The highest BCUT2D eigenvalue weighted by Gasteiger charge is 2.37. The van der Waals surface area contributed by atoms with E-state index in [4.69, 9.17) is 21.1 Å². The number of hydrogen-bond donors (Lipinski definition) is 1. The maximum Gasteiger partial charge on any atom is 0.303 e. The highest BCUT2D eigenvalue weighted by molar-refractivity contribution is 7.99. The number of methoxy groups -OCH3 is 1. The number of benzene rings is 2. The molecule has 0 bridgehead atoms. The Hall–Kier alpha value is -2.18. The van der Waals surface area contributed by atoms with Crippen LogP contribution < -0.4 is 10.1 Å². The van der Waals surface area contributed by atoms with Crippen LogP contribution in [0.25, 0.3) is 0 Å². The molecule has 1 N–H and O–H groups in total. The van der Waals surface area contributed by atoms with Crippen LogP contribution in [0.5, 0.6) is 5.75 Å². The molecule has 2 atom stereocenters. The summed E-state index contributed by atoms with van der Waals surface area (Å²) < 4.78 is 10.5. The molecular weight excluding hydrogens is 362 g/mol. The average molecular weight is 378 g/mol. The normalized spacial score (nSPS) is 19.4.